The van der Waals surface area contributed by atoms with Crippen LogP contribution in [0.25, 0.3) is 22.0 Å². The first-order chi connectivity index (χ1) is 19.4. The summed E-state index contributed by atoms with van der Waals surface area (Å²) in [7, 11) is 0. The second kappa shape index (κ2) is 11.9. The Labute approximate surface area is 239 Å². The molecule has 0 fully saturated rings. The van der Waals surface area contributed by atoms with Crippen molar-refractivity contribution in [3.63, 3.8) is 0 Å². The number of carboxylic acid groups (broad SMARTS) is 1. The van der Waals surface area contributed by atoms with Gasteiger partial charge < -0.3 is 14.8 Å². The molecular weight excluding hydrogens is 520 g/mol. The van der Waals surface area contributed by atoms with Gasteiger partial charge in [0.15, 0.2) is 5.71 Å². The number of ketones is 1. The van der Waals surface area contributed by atoms with E-state index in [1.54, 1.807) is 0 Å². The fourth-order valence-electron chi connectivity index (χ4n) is 6.14. The number of unbranched alkanes of at least 4 members (excludes halogenated alkanes) is 2. The Kier molecular flexibility index (Phi) is 8.31. The lowest BCUT2D eigenvalue weighted by Crippen LogP contribution is -2.24. The minimum Gasteiger partial charge on any atom is -0.506 e. The maximum Gasteiger partial charge on any atom is 0.303 e. The number of carboxylic acids is 1. The molecule has 6 nitrogen and oxygen atoms in total. The van der Waals surface area contributed by atoms with Crippen LogP contribution in [-0.2, 0) is 16.1 Å². The molecule has 1 aliphatic carbocycles. The number of hydrogen-bond donors (Lipinski definition) is 2. The largest absolute Gasteiger partial charge is 0.506 e. The first kappa shape index (κ1) is 28.0. The van der Waals surface area contributed by atoms with Crippen molar-refractivity contribution < 1.29 is 24.4 Å². The number of thioether (sulfide) groups is 1. The number of aliphatic hydroxyl groups excluding tert-OH is 1. The molecule has 208 valence electrons. The summed E-state index contributed by atoms with van der Waals surface area (Å²) in [5.41, 5.74) is 7.67. The van der Waals surface area contributed by atoms with E-state index in [2.05, 4.69) is 28.2 Å². The van der Waals surface area contributed by atoms with Gasteiger partial charge in [-0.1, -0.05) is 36.8 Å². The number of carbonyl (C=O) groups is 2. The van der Waals surface area contributed by atoms with E-state index in [4.69, 9.17) is 5.11 Å². The third kappa shape index (κ3) is 4.92. The van der Waals surface area contributed by atoms with E-state index >= 15 is 0 Å². The number of allylic oxidation sites excluding steroid dienone is 3. The molecule has 5 rings (SSSR count). The molecule has 2 heterocycles. The number of carbonyl (C=O) groups excluding carboxylic acids is 1. The highest BCUT2D eigenvalue weighted by molar-refractivity contribution is 7.99. The van der Waals surface area contributed by atoms with Crippen molar-refractivity contribution in [2.45, 2.75) is 59.4 Å². The molecule has 2 N–H and O–H groups in total. The lowest BCUT2D eigenvalue weighted by atomic mass is 9.78. The number of rotatable bonds is 12. The smallest absolute Gasteiger partial charge is 0.303 e. The highest BCUT2D eigenvalue weighted by Gasteiger charge is 2.44. The van der Waals surface area contributed by atoms with Crippen LogP contribution >= 0.6 is 11.8 Å². The maximum atomic E-state index is 13.8. The zero-order chi connectivity index (χ0) is 28.4. The molecule has 0 atom stereocenters. The van der Waals surface area contributed by atoms with Gasteiger partial charge in [-0.3, -0.25) is 9.59 Å². The van der Waals surface area contributed by atoms with Crippen LogP contribution in [0.2, 0.25) is 0 Å². The molecule has 0 saturated heterocycles. The maximum absolute atomic E-state index is 13.8. The van der Waals surface area contributed by atoms with Gasteiger partial charge in [-0.2, -0.15) is 16.3 Å². The molecule has 40 heavy (non-hydrogen) atoms. The molecule has 2 aliphatic rings. The summed E-state index contributed by atoms with van der Waals surface area (Å²) in [6, 6.07) is 16.2. The molecule has 0 radical (unpaired) electrons. The highest BCUT2D eigenvalue weighted by Crippen LogP contribution is 2.47. The van der Waals surface area contributed by atoms with Crippen molar-refractivity contribution in [1.82, 2.24) is 4.57 Å². The van der Waals surface area contributed by atoms with Crippen molar-refractivity contribution in [1.29, 1.82) is 0 Å². The van der Waals surface area contributed by atoms with Gasteiger partial charge in [-0.05, 0) is 56.7 Å². The summed E-state index contributed by atoms with van der Waals surface area (Å²) in [6.07, 6.45) is 3.98. The second-order valence-corrected chi connectivity index (χ2v) is 11.7. The van der Waals surface area contributed by atoms with Crippen molar-refractivity contribution in [2.24, 2.45) is 0 Å². The van der Waals surface area contributed by atoms with Crippen molar-refractivity contribution >= 4 is 57.0 Å². The van der Waals surface area contributed by atoms with E-state index in [0.29, 0.717) is 11.1 Å². The van der Waals surface area contributed by atoms with Crippen molar-refractivity contribution in [3.8, 4) is 0 Å². The van der Waals surface area contributed by atoms with Gasteiger partial charge in [-0.25, -0.2) is 0 Å². The SMILES string of the molecule is CC[N+]1=C(C)/C(=C2\C(=O)C(c3c(C)n(CCCSCCCCCC(=O)O)c4ccccc34)=C2O)c2ccccc21. The molecule has 0 bridgehead atoms. The fourth-order valence-corrected chi connectivity index (χ4v) is 7.08. The lowest BCUT2D eigenvalue weighted by molar-refractivity contribution is -0.432. The summed E-state index contributed by atoms with van der Waals surface area (Å²) in [6.45, 7) is 7.79. The quantitative estimate of drug-likeness (QED) is 0.140. The molecule has 1 aliphatic heterocycles. The zero-order valence-electron chi connectivity index (χ0n) is 23.5. The van der Waals surface area contributed by atoms with Gasteiger partial charge in [-0.15, -0.1) is 0 Å². The van der Waals surface area contributed by atoms with E-state index in [1.165, 1.54) is 0 Å². The number of aliphatic carboxylic acids is 1. The number of aliphatic hydroxyl groups is 1. The summed E-state index contributed by atoms with van der Waals surface area (Å²) in [5, 5.41) is 21.2. The van der Waals surface area contributed by atoms with Crippen LogP contribution < -0.4 is 0 Å². The number of benzene rings is 2. The normalized spacial score (nSPS) is 16.7. The Morgan fingerprint density at radius 1 is 0.925 bits per heavy atom. The van der Waals surface area contributed by atoms with Crippen LogP contribution in [0, 0.1) is 6.92 Å². The number of fused-ring (bicyclic) bond motifs is 2. The Morgan fingerprint density at radius 3 is 2.40 bits per heavy atom. The molecule has 0 amide bonds. The van der Waals surface area contributed by atoms with E-state index in [1.807, 2.05) is 62.0 Å². The average Bonchev–Trinajstić information content (AvgIpc) is 3.38. The Bertz CT molecular complexity index is 1590. The molecule has 2 aromatic carbocycles. The van der Waals surface area contributed by atoms with Crippen molar-refractivity contribution in [3.05, 3.63) is 76.7 Å². The van der Waals surface area contributed by atoms with Crippen LogP contribution in [-0.4, -0.2) is 54.9 Å². The molecule has 3 aromatic rings. The van der Waals surface area contributed by atoms with Gasteiger partial charge in [0.2, 0.25) is 11.5 Å². The number of Topliss-reactive ketones (excluding diaryl/α,β-unsaturated/α-hetero) is 1. The van der Waals surface area contributed by atoms with E-state index in [0.717, 1.165) is 95.0 Å². The standard InChI is InChI=1S/C33H36N2O4S/c1-4-34-21(2)28(23-13-7-9-15-25(23)34)30-32(38)31(33(30)39)29-22(3)35(26-16-10-8-14-24(26)29)18-12-20-40-19-11-5-6-17-27(36)37/h7-10,13-16H,4-6,11-12,17-20H2,1-3H3,(H-,36,37,38,39)/p+1. The number of aryl methyl sites for hydroxylation is 1. The molecular formula is C33H37N2O4S+. The minimum atomic E-state index is -0.720. The predicted octanol–water partition coefficient (Wildman–Crippen LogP) is 7.16. The van der Waals surface area contributed by atoms with Crippen LogP contribution in [0.4, 0.5) is 5.69 Å². The number of aromatic nitrogens is 1. The predicted molar refractivity (Wildman–Crippen MR) is 164 cm³/mol. The van der Waals surface area contributed by atoms with Gasteiger partial charge >= 0.3 is 5.97 Å². The van der Waals surface area contributed by atoms with Crippen molar-refractivity contribution in [2.75, 3.05) is 18.1 Å². The van der Waals surface area contributed by atoms with Gasteiger partial charge in [0.1, 0.15) is 12.3 Å². The summed E-state index contributed by atoms with van der Waals surface area (Å²) in [5.74, 6) is 1.34. The van der Waals surface area contributed by atoms with Gasteiger partial charge in [0.05, 0.1) is 22.3 Å². The Balaban J connectivity index is 1.39. The first-order valence-electron chi connectivity index (χ1n) is 14.2. The third-order valence-corrected chi connectivity index (χ3v) is 9.21. The molecule has 0 saturated carbocycles. The van der Waals surface area contributed by atoms with E-state index in [9.17, 15) is 14.7 Å². The number of nitrogens with zero attached hydrogens (tertiary/aromatic N) is 2. The number of para-hydroxylation sites is 2. The fraction of sp³-hybridized carbons (Fsp3) is 0.364. The van der Waals surface area contributed by atoms with Crippen LogP contribution in [0.3, 0.4) is 0 Å². The van der Waals surface area contributed by atoms with Crippen LogP contribution in [0.5, 0.6) is 0 Å². The molecule has 1 aromatic heterocycles. The Hall–Kier alpha value is -3.58. The van der Waals surface area contributed by atoms with Crippen LogP contribution in [0.15, 0.2) is 59.9 Å². The van der Waals surface area contributed by atoms with E-state index in [-0.39, 0.29) is 18.0 Å². The molecule has 0 unspecified atom stereocenters. The topological polar surface area (TPSA) is 82.5 Å². The van der Waals surface area contributed by atoms with Gasteiger partial charge in [0, 0.05) is 48.1 Å². The van der Waals surface area contributed by atoms with Crippen LogP contribution in [0.1, 0.15) is 62.8 Å². The summed E-state index contributed by atoms with van der Waals surface area (Å²) >= 11 is 1.91. The van der Waals surface area contributed by atoms with E-state index < -0.39 is 5.97 Å². The molecule has 0 spiro atoms. The minimum absolute atomic E-state index is 0.0935. The number of hydrogen-bond acceptors (Lipinski definition) is 4. The monoisotopic (exact) mass is 557 g/mol. The first-order valence-corrected chi connectivity index (χ1v) is 15.3. The average molecular weight is 558 g/mol. The highest BCUT2D eigenvalue weighted by atomic mass is 32.2. The third-order valence-electron chi connectivity index (χ3n) is 8.06. The van der Waals surface area contributed by atoms with Gasteiger partial charge in [0.25, 0.3) is 0 Å². The second-order valence-electron chi connectivity index (χ2n) is 10.4. The summed E-state index contributed by atoms with van der Waals surface area (Å²) in [4.78, 5) is 24.4. The lowest BCUT2D eigenvalue weighted by Gasteiger charge is -2.23. The Morgan fingerprint density at radius 2 is 1.65 bits per heavy atom. The zero-order valence-corrected chi connectivity index (χ0v) is 24.3. The summed E-state index contributed by atoms with van der Waals surface area (Å²) < 4.78 is 4.47. The molecule has 7 heteroatoms.